The van der Waals surface area contributed by atoms with Crippen LogP contribution in [0.2, 0.25) is 0 Å². The molecule has 2 rings (SSSR count). The highest BCUT2D eigenvalue weighted by Crippen LogP contribution is 2.19. The highest BCUT2D eigenvalue weighted by atomic mass is 16.5. The second kappa shape index (κ2) is 9.97. The Hall–Kier alpha value is -3.34. The molecule has 0 spiro atoms. The van der Waals surface area contributed by atoms with Crippen LogP contribution < -0.4 is 14.2 Å². The fourth-order valence-corrected chi connectivity index (χ4v) is 2.11. The first kappa shape index (κ1) is 20.0. The van der Waals surface area contributed by atoms with Crippen LogP contribution in [0, 0.1) is 0 Å². The summed E-state index contributed by atoms with van der Waals surface area (Å²) in [5, 5.41) is 0. The molecule has 5 heteroatoms. The Bertz CT molecular complexity index is 804. The van der Waals surface area contributed by atoms with Gasteiger partial charge in [0.1, 0.15) is 23.9 Å². The molecular formula is C22H22O5. The first-order chi connectivity index (χ1) is 13.0. The van der Waals surface area contributed by atoms with Gasteiger partial charge in [0.15, 0.2) is 0 Å². The van der Waals surface area contributed by atoms with Crippen molar-refractivity contribution in [3.8, 4) is 17.2 Å². The molecule has 2 aromatic carbocycles. The van der Waals surface area contributed by atoms with Gasteiger partial charge in [0.25, 0.3) is 0 Å². The van der Waals surface area contributed by atoms with Crippen molar-refractivity contribution < 1.29 is 23.8 Å². The number of hydrogen-bond acceptors (Lipinski definition) is 5. The summed E-state index contributed by atoms with van der Waals surface area (Å²) in [7, 11) is 0. The first-order valence-electron chi connectivity index (χ1n) is 8.49. The van der Waals surface area contributed by atoms with E-state index in [2.05, 4.69) is 13.2 Å². The van der Waals surface area contributed by atoms with Crippen LogP contribution in [0.25, 0.3) is 0 Å². The van der Waals surface area contributed by atoms with E-state index in [4.69, 9.17) is 14.2 Å². The van der Waals surface area contributed by atoms with Gasteiger partial charge < -0.3 is 14.2 Å². The predicted molar refractivity (Wildman–Crippen MR) is 103 cm³/mol. The molecule has 0 aliphatic heterocycles. The Morgan fingerprint density at radius 3 is 2.04 bits per heavy atom. The summed E-state index contributed by atoms with van der Waals surface area (Å²) >= 11 is 0. The number of hydrogen-bond donors (Lipinski definition) is 0. The summed E-state index contributed by atoms with van der Waals surface area (Å²) in [6.07, 6.45) is 2.50. The van der Waals surface area contributed by atoms with E-state index in [9.17, 15) is 9.59 Å². The largest absolute Gasteiger partial charge is 0.490 e. The minimum absolute atomic E-state index is 0.249. The van der Waals surface area contributed by atoms with Crippen molar-refractivity contribution in [3.05, 3.63) is 78.9 Å². The average molecular weight is 366 g/mol. The van der Waals surface area contributed by atoms with Crippen molar-refractivity contribution in [3.63, 3.8) is 0 Å². The van der Waals surface area contributed by atoms with Crippen LogP contribution in [0.3, 0.4) is 0 Å². The summed E-state index contributed by atoms with van der Waals surface area (Å²) < 4.78 is 15.8. The molecule has 0 heterocycles. The second-order valence-electron chi connectivity index (χ2n) is 5.86. The van der Waals surface area contributed by atoms with E-state index in [-0.39, 0.29) is 12.4 Å². The highest BCUT2D eigenvalue weighted by molar-refractivity contribution is 5.88. The summed E-state index contributed by atoms with van der Waals surface area (Å²) in [6.45, 7) is 9.14. The molecule has 0 radical (unpaired) electrons. The third-order valence-electron chi connectivity index (χ3n) is 3.52. The van der Waals surface area contributed by atoms with Gasteiger partial charge in [-0.15, -0.1) is 0 Å². The van der Waals surface area contributed by atoms with Crippen molar-refractivity contribution in [2.75, 3.05) is 6.61 Å². The lowest BCUT2D eigenvalue weighted by Gasteiger charge is -2.07. The van der Waals surface area contributed by atoms with Gasteiger partial charge in [-0.1, -0.05) is 31.4 Å². The molecule has 0 bridgehead atoms. The van der Waals surface area contributed by atoms with Crippen molar-refractivity contribution >= 4 is 11.9 Å². The van der Waals surface area contributed by atoms with E-state index in [1.54, 1.807) is 37.3 Å². The van der Waals surface area contributed by atoms with E-state index in [0.717, 1.165) is 11.3 Å². The molecule has 0 atom stereocenters. The fraction of sp³-hybridized carbons (Fsp3) is 0.182. The Balaban J connectivity index is 1.80. The van der Waals surface area contributed by atoms with Crippen LogP contribution in [-0.2, 0) is 16.0 Å². The van der Waals surface area contributed by atoms with Crippen LogP contribution >= 0.6 is 0 Å². The molecule has 27 heavy (non-hydrogen) atoms. The molecule has 0 fully saturated rings. The van der Waals surface area contributed by atoms with Gasteiger partial charge in [0.2, 0.25) is 0 Å². The molecule has 2 aromatic rings. The summed E-state index contributed by atoms with van der Waals surface area (Å²) in [6, 6.07) is 13.8. The van der Waals surface area contributed by atoms with Crippen molar-refractivity contribution in [1.82, 2.24) is 0 Å². The Kier molecular flexibility index (Phi) is 7.37. The lowest BCUT2D eigenvalue weighted by atomic mass is 10.1. The maximum absolute atomic E-state index is 12.0. The lowest BCUT2D eigenvalue weighted by molar-refractivity contribution is -0.134. The van der Waals surface area contributed by atoms with Gasteiger partial charge in [0, 0.05) is 12.0 Å². The third-order valence-corrected chi connectivity index (χ3v) is 3.52. The Labute approximate surface area is 158 Å². The fourth-order valence-electron chi connectivity index (χ4n) is 2.11. The summed E-state index contributed by atoms with van der Waals surface area (Å²) in [5.41, 5.74) is 1.32. The maximum Gasteiger partial charge on any atom is 0.338 e. The SMILES string of the molecule is C=CCOc1ccc(CCC(=O)Oc2ccc(OC(=O)C(=C)C)cc2)cc1. The maximum atomic E-state index is 12.0. The zero-order valence-electron chi connectivity index (χ0n) is 15.3. The van der Waals surface area contributed by atoms with E-state index in [1.807, 2.05) is 24.3 Å². The molecule has 0 N–H and O–H groups in total. The van der Waals surface area contributed by atoms with E-state index in [0.29, 0.717) is 30.1 Å². The van der Waals surface area contributed by atoms with Crippen LogP contribution in [0.1, 0.15) is 18.9 Å². The van der Waals surface area contributed by atoms with Crippen molar-refractivity contribution in [1.29, 1.82) is 0 Å². The molecule has 140 valence electrons. The standard InChI is InChI=1S/C22H22O5/c1-4-15-25-18-8-5-17(6-9-18)7-14-21(23)26-19-10-12-20(13-11-19)27-22(24)16(2)3/h4-6,8-13H,1-2,7,14-15H2,3H3. The monoisotopic (exact) mass is 366 g/mol. The molecular weight excluding hydrogens is 344 g/mol. The molecule has 0 saturated carbocycles. The minimum Gasteiger partial charge on any atom is -0.490 e. The van der Waals surface area contributed by atoms with Gasteiger partial charge in [-0.05, 0) is 55.3 Å². The zero-order valence-corrected chi connectivity index (χ0v) is 15.3. The molecule has 0 aromatic heterocycles. The Morgan fingerprint density at radius 2 is 1.48 bits per heavy atom. The minimum atomic E-state index is -0.499. The van der Waals surface area contributed by atoms with Gasteiger partial charge in [-0.25, -0.2) is 4.79 Å². The molecule has 0 unspecified atom stereocenters. The number of rotatable bonds is 9. The number of carbonyl (C=O) groups is 2. The number of aryl methyl sites for hydroxylation is 1. The third kappa shape index (κ3) is 6.82. The van der Waals surface area contributed by atoms with Gasteiger partial charge in [-0.3, -0.25) is 4.79 Å². The first-order valence-corrected chi connectivity index (χ1v) is 8.49. The molecule has 0 saturated heterocycles. The van der Waals surface area contributed by atoms with E-state index in [1.165, 1.54) is 0 Å². The predicted octanol–water partition coefficient (Wildman–Crippen LogP) is 4.27. The quantitative estimate of drug-likeness (QED) is 0.287. The number of esters is 2. The average Bonchev–Trinajstić information content (AvgIpc) is 2.67. The van der Waals surface area contributed by atoms with E-state index >= 15 is 0 Å². The molecule has 0 aliphatic rings. The van der Waals surface area contributed by atoms with E-state index < -0.39 is 5.97 Å². The van der Waals surface area contributed by atoms with Crippen LogP contribution in [-0.4, -0.2) is 18.5 Å². The molecule has 5 nitrogen and oxygen atoms in total. The number of benzene rings is 2. The number of ether oxygens (including phenoxy) is 3. The Morgan fingerprint density at radius 1 is 0.926 bits per heavy atom. The van der Waals surface area contributed by atoms with Crippen molar-refractivity contribution in [2.45, 2.75) is 19.8 Å². The number of carbonyl (C=O) groups excluding carboxylic acids is 2. The highest BCUT2D eigenvalue weighted by Gasteiger charge is 2.08. The van der Waals surface area contributed by atoms with Gasteiger partial charge in [0.05, 0.1) is 0 Å². The molecule has 0 aliphatic carbocycles. The summed E-state index contributed by atoms with van der Waals surface area (Å²) in [5.74, 6) is 0.674. The van der Waals surface area contributed by atoms with Gasteiger partial charge in [-0.2, -0.15) is 0 Å². The topological polar surface area (TPSA) is 61.8 Å². The van der Waals surface area contributed by atoms with Crippen LogP contribution in [0.15, 0.2) is 73.3 Å². The zero-order chi connectivity index (χ0) is 19.6. The lowest BCUT2D eigenvalue weighted by Crippen LogP contribution is -2.10. The van der Waals surface area contributed by atoms with Crippen molar-refractivity contribution in [2.24, 2.45) is 0 Å². The summed E-state index contributed by atoms with van der Waals surface area (Å²) in [4.78, 5) is 23.4. The smallest absolute Gasteiger partial charge is 0.338 e. The molecule has 0 amide bonds. The van der Waals surface area contributed by atoms with Crippen LogP contribution in [0.5, 0.6) is 17.2 Å². The second-order valence-corrected chi connectivity index (χ2v) is 5.86. The van der Waals surface area contributed by atoms with Gasteiger partial charge >= 0.3 is 11.9 Å². The normalized spacial score (nSPS) is 9.96. The van der Waals surface area contributed by atoms with Crippen LogP contribution in [0.4, 0.5) is 0 Å².